The van der Waals surface area contributed by atoms with Gasteiger partial charge in [0.1, 0.15) is 5.75 Å². The number of ether oxygens (including phenoxy) is 2. The van der Waals surface area contributed by atoms with Crippen LogP contribution in [-0.2, 0) is 9.53 Å². The summed E-state index contributed by atoms with van der Waals surface area (Å²) in [5, 5.41) is 11.9. The van der Waals surface area contributed by atoms with Crippen LogP contribution in [0.15, 0.2) is 36.4 Å². The molecule has 2 fully saturated rings. The van der Waals surface area contributed by atoms with Crippen LogP contribution in [0.3, 0.4) is 0 Å². The van der Waals surface area contributed by atoms with E-state index in [-0.39, 0.29) is 17.9 Å². The lowest BCUT2D eigenvalue weighted by Crippen LogP contribution is -2.45. The summed E-state index contributed by atoms with van der Waals surface area (Å²) in [6, 6.07) is 11.7. The van der Waals surface area contributed by atoms with E-state index < -0.39 is 0 Å². The third kappa shape index (κ3) is 4.85. The highest BCUT2D eigenvalue weighted by Gasteiger charge is 2.27. The van der Waals surface area contributed by atoms with Crippen LogP contribution in [0.4, 0.5) is 5.82 Å². The average Bonchev–Trinajstić information content (AvgIpc) is 3.31. The van der Waals surface area contributed by atoms with Crippen molar-refractivity contribution in [2.75, 3.05) is 38.3 Å². The summed E-state index contributed by atoms with van der Waals surface area (Å²) in [6.07, 6.45) is 4.18. The maximum atomic E-state index is 12.6. The number of carbonyl (C=O) groups excluding carboxylic acids is 1. The second-order valence-corrected chi connectivity index (χ2v) is 7.67. The number of rotatable bonds is 6. The Morgan fingerprint density at radius 1 is 1.17 bits per heavy atom. The minimum Gasteiger partial charge on any atom is -0.497 e. The van der Waals surface area contributed by atoms with E-state index in [9.17, 15) is 4.79 Å². The lowest BCUT2D eigenvalue weighted by Gasteiger charge is -2.32. The molecule has 2 saturated heterocycles. The van der Waals surface area contributed by atoms with E-state index in [0.717, 1.165) is 61.7 Å². The Morgan fingerprint density at radius 2 is 2.03 bits per heavy atom. The largest absolute Gasteiger partial charge is 0.497 e. The molecule has 2 atom stereocenters. The van der Waals surface area contributed by atoms with Crippen molar-refractivity contribution in [2.45, 2.75) is 31.8 Å². The van der Waals surface area contributed by atoms with Crippen molar-refractivity contribution in [1.29, 1.82) is 0 Å². The van der Waals surface area contributed by atoms with E-state index in [1.807, 2.05) is 36.4 Å². The van der Waals surface area contributed by atoms with Gasteiger partial charge in [-0.1, -0.05) is 0 Å². The van der Waals surface area contributed by atoms with Gasteiger partial charge in [-0.05, 0) is 62.1 Å². The monoisotopic (exact) mass is 396 g/mol. The topological polar surface area (TPSA) is 76.6 Å². The van der Waals surface area contributed by atoms with Crippen molar-refractivity contribution in [3.63, 3.8) is 0 Å². The smallest absolute Gasteiger partial charge is 0.224 e. The number of methoxy groups -OCH3 is 1. The minimum absolute atomic E-state index is 0.0202. The molecule has 4 rings (SSSR count). The van der Waals surface area contributed by atoms with Gasteiger partial charge < -0.3 is 19.7 Å². The van der Waals surface area contributed by atoms with Gasteiger partial charge in [0, 0.05) is 31.8 Å². The molecule has 0 aliphatic carbocycles. The zero-order valence-corrected chi connectivity index (χ0v) is 16.8. The van der Waals surface area contributed by atoms with Gasteiger partial charge >= 0.3 is 0 Å². The molecule has 2 aliphatic rings. The molecule has 0 bridgehead atoms. The van der Waals surface area contributed by atoms with Crippen molar-refractivity contribution in [2.24, 2.45) is 5.92 Å². The van der Waals surface area contributed by atoms with Crippen molar-refractivity contribution in [3.05, 3.63) is 36.4 Å². The van der Waals surface area contributed by atoms with E-state index >= 15 is 0 Å². The molecule has 3 heterocycles. The average molecular weight is 396 g/mol. The number of benzene rings is 1. The van der Waals surface area contributed by atoms with Crippen molar-refractivity contribution >= 4 is 11.7 Å². The van der Waals surface area contributed by atoms with Gasteiger partial charge in [0.05, 0.1) is 24.8 Å². The molecule has 154 valence electrons. The first kappa shape index (κ1) is 19.6. The molecular weight excluding hydrogens is 368 g/mol. The van der Waals surface area contributed by atoms with Crippen LogP contribution in [0, 0.1) is 5.92 Å². The summed E-state index contributed by atoms with van der Waals surface area (Å²) in [4.78, 5) is 14.7. The standard InChI is InChI=1S/C22H28N4O3/c1-28-18-8-6-16(7-9-18)20-10-11-21(25-24-20)26-12-2-4-17(15-26)22(27)23-14-19-5-3-13-29-19/h6-11,17,19H,2-5,12-15H2,1H3,(H,23,27)/t17-,19+/m0/s1. The molecule has 0 saturated carbocycles. The summed E-state index contributed by atoms with van der Waals surface area (Å²) in [5.41, 5.74) is 1.81. The SMILES string of the molecule is COc1ccc(-c2ccc(N3CCC[C@H](C(=O)NC[C@H]4CCCO4)C3)nn2)cc1. The number of nitrogens with zero attached hydrogens (tertiary/aromatic N) is 3. The lowest BCUT2D eigenvalue weighted by molar-refractivity contribution is -0.125. The first-order valence-corrected chi connectivity index (χ1v) is 10.4. The fourth-order valence-electron chi connectivity index (χ4n) is 3.97. The predicted octanol–water partition coefficient (Wildman–Crippen LogP) is 2.66. The molecular formula is C22H28N4O3. The Hall–Kier alpha value is -2.67. The van der Waals surface area contributed by atoms with E-state index in [2.05, 4.69) is 20.4 Å². The second kappa shape index (κ2) is 9.22. The molecule has 1 aromatic heterocycles. The Bertz CT molecular complexity index is 804. The molecule has 7 heteroatoms. The number of hydrogen-bond acceptors (Lipinski definition) is 6. The molecule has 0 radical (unpaired) electrons. The van der Waals surface area contributed by atoms with E-state index in [1.165, 1.54) is 0 Å². The summed E-state index contributed by atoms with van der Waals surface area (Å²) in [7, 11) is 1.65. The first-order chi connectivity index (χ1) is 14.2. The highest BCUT2D eigenvalue weighted by Crippen LogP contribution is 2.24. The Balaban J connectivity index is 1.35. The van der Waals surface area contributed by atoms with Crippen LogP contribution in [-0.4, -0.2) is 55.6 Å². The zero-order chi connectivity index (χ0) is 20.1. The Kier molecular flexibility index (Phi) is 6.24. The second-order valence-electron chi connectivity index (χ2n) is 7.67. The third-order valence-electron chi connectivity index (χ3n) is 5.68. The first-order valence-electron chi connectivity index (χ1n) is 10.4. The van der Waals surface area contributed by atoms with Crippen molar-refractivity contribution in [3.8, 4) is 17.0 Å². The fraction of sp³-hybridized carbons (Fsp3) is 0.500. The summed E-state index contributed by atoms with van der Waals surface area (Å²) < 4.78 is 10.8. The van der Waals surface area contributed by atoms with Crippen LogP contribution < -0.4 is 15.0 Å². The molecule has 0 unspecified atom stereocenters. The lowest BCUT2D eigenvalue weighted by atomic mass is 9.97. The van der Waals surface area contributed by atoms with E-state index in [1.54, 1.807) is 7.11 Å². The van der Waals surface area contributed by atoms with Crippen LogP contribution in [0.2, 0.25) is 0 Å². The summed E-state index contributed by atoms with van der Waals surface area (Å²) in [5.74, 6) is 1.73. The van der Waals surface area contributed by atoms with E-state index in [4.69, 9.17) is 9.47 Å². The van der Waals surface area contributed by atoms with Gasteiger partial charge in [0.2, 0.25) is 5.91 Å². The van der Waals surface area contributed by atoms with Crippen LogP contribution in [0.1, 0.15) is 25.7 Å². The number of hydrogen-bond donors (Lipinski definition) is 1. The fourth-order valence-corrected chi connectivity index (χ4v) is 3.97. The molecule has 1 aromatic carbocycles. The normalized spacial score (nSPS) is 21.8. The Morgan fingerprint density at radius 3 is 2.72 bits per heavy atom. The van der Waals surface area contributed by atoms with Gasteiger partial charge in [0.25, 0.3) is 0 Å². The molecule has 1 N–H and O–H groups in total. The third-order valence-corrected chi connectivity index (χ3v) is 5.68. The number of carbonyl (C=O) groups is 1. The van der Waals surface area contributed by atoms with Crippen molar-refractivity contribution in [1.82, 2.24) is 15.5 Å². The molecule has 0 spiro atoms. The van der Waals surface area contributed by atoms with Gasteiger partial charge in [-0.2, -0.15) is 0 Å². The molecule has 7 nitrogen and oxygen atoms in total. The number of piperidine rings is 1. The predicted molar refractivity (Wildman–Crippen MR) is 111 cm³/mol. The summed E-state index contributed by atoms with van der Waals surface area (Å²) >= 11 is 0. The molecule has 29 heavy (non-hydrogen) atoms. The quantitative estimate of drug-likeness (QED) is 0.809. The van der Waals surface area contributed by atoms with Crippen LogP contribution in [0.25, 0.3) is 11.3 Å². The maximum absolute atomic E-state index is 12.6. The molecule has 2 aliphatic heterocycles. The van der Waals surface area contributed by atoms with Crippen LogP contribution in [0.5, 0.6) is 5.75 Å². The number of anilines is 1. The van der Waals surface area contributed by atoms with Gasteiger partial charge in [-0.15, -0.1) is 10.2 Å². The zero-order valence-electron chi connectivity index (χ0n) is 16.8. The Labute approximate surface area is 171 Å². The van der Waals surface area contributed by atoms with Gasteiger partial charge in [0.15, 0.2) is 5.82 Å². The molecule has 2 aromatic rings. The van der Waals surface area contributed by atoms with Gasteiger partial charge in [-0.3, -0.25) is 4.79 Å². The van der Waals surface area contributed by atoms with Crippen LogP contribution >= 0.6 is 0 Å². The van der Waals surface area contributed by atoms with E-state index in [0.29, 0.717) is 13.1 Å². The summed E-state index contributed by atoms with van der Waals surface area (Å²) in [6.45, 7) is 2.99. The highest BCUT2D eigenvalue weighted by molar-refractivity contribution is 5.79. The minimum atomic E-state index is -0.0202. The van der Waals surface area contributed by atoms with Gasteiger partial charge in [-0.25, -0.2) is 0 Å². The number of amides is 1. The maximum Gasteiger partial charge on any atom is 0.224 e. The number of aromatic nitrogens is 2. The van der Waals surface area contributed by atoms with Crippen molar-refractivity contribution < 1.29 is 14.3 Å². The molecule has 1 amide bonds. The highest BCUT2D eigenvalue weighted by atomic mass is 16.5. The number of nitrogens with one attached hydrogen (secondary N) is 1.